The highest BCUT2D eigenvalue weighted by Gasteiger charge is 2.17. The minimum atomic E-state index is -0.791. The van der Waals surface area contributed by atoms with Crippen LogP contribution in [0.5, 0.6) is 5.75 Å². The monoisotopic (exact) mass is 217 g/mol. The molecule has 0 spiro atoms. The van der Waals surface area contributed by atoms with Crippen LogP contribution in [0.3, 0.4) is 0 Å². The van der Waals surface area contributed by atoms with Crippen molar-refractivity contribution in [1.29, 1.82) is 0 Å². The molecule has 0 aliphatic rings. The fraction of sp³-hybridized carbons (Fsp3) is 0.400. The third-order valence-electron chi connectivity index (χ3n) is 2.08. The van der Waals surface area contributed by atoms with Crippen LogP contribution in [0.15, 0.2) is 12.1 Å². The van der Waals surface area contributed by atoms with Crippen molar-refractivity contribution in [1.82, 2.24) is 0 Å². The molecule has 3 nitrogen and oxygen atoms in total. The van der Waals surface area contributed by atoms with Gasteiger partial charge in [-0.1, -0.05) is 0 Å². The fourth-order valence-electron chi connectivity index (χ4n) is 1.37. The Bertz CT molecular complexity index is 344. The van der Waals surface area contributed by atoms with Crippen LogP contribution in [0.4, 0.5) is 8.78 Å². The second-order valence-electron chi connectivity index (χ2n) is 3.13. The lowest BCUT2D eigenvalue weighted by Gasteiger charge is -2.15. The first-order valence-corrected chi connectivity index (χ1v) is 4.49. The van der Waals surface area contributed by atoms with Gasteiger partial charge >= 0.3 is 0 Å². The molecule has 0 radical (unpaired) electrons. The van der Waals surface area contributed by atoms with E-state index in [0.29, 0.717) is 0 Å². The van der Waals surface area contributed by atoms with Crippen molar-refractivity contribution >= 4 is 0 Å². The normalized spacial score (nSPS) is 12.6. The number of aliphatic hydroxyl groups is 1. The summed E-state index contributed by atoms with van der Waals surface area (Å²) in [6.07, 6.45) is 0.221. The van der Waals surface area contributed by atoms with Gasteiger partial charge in [0.15, 0.2) is 11.6 Å². The van der Waals surface area contributed by atoms with Gasteiger partial charge in [0.1, 0.15) is 5.82 Å². The van der Waals surface area contributed by atoms with E-state index in [2.05, 4.69) is 0 Å². The SMILES string of the molecule is COc1c(F)cc(F)cc1C(N)CCO. The Hall–Kier alpha value is -1.20. The summed E-state index contributed by atoms with van der Waals surface area (Å²) in [6.45, 7) is -0.150. The number of ether oxygens (including phenoxy) is 1. The van der Waals surface area contributed by atoms with Gasteiger partial charge in [-0.15, -0.1) is 0 Å². The van der Waals surface area contributed by atoms with Gasteiger partial charge in [0.2, 0.25) is 0 Å². The second kappa shape index (κ2) is 5.04. The maximum atomic E-state index is 13.2. The quantitative estimate of drug-likeness (QED) is 0.800. The lowest BCUT2D eigenvalue weighted by Crippen LogP contribution is -2.14. The van der Waals surface area contributed by atoms with E-state index >= 15 is 0 Å². The van der Waals surface area contributed by atoms with Gasteiger partial charge in [0.25, 0.3) is 0 Å². The first-order chi connectivity index (χ1) is 7.10. The molecule has 0 aliphatic carbocycles. The van der Waals surface area contributed by atoms with Crippen molar-refractivity contribution in [3.8, 4) is 5.75 Å². The van der Waals surface area contributed by atoms with Crippen molar-refractivity contribution in [3.05, 3.63) is 29.3 Å². The highest BCUT2D eigenvalue weighted by molar-refractivity contribution is 5.37. The molecular weight excluding hydrogens is 204 g/mol. The molecule has 15 heavy (non-hydrogen) atoms. The molecule has 0 aromatic heterocycles. The summed E-state index contributed by atoms with van der Waals surface area (Å²) in [4.78, 5) is 0. The summed E-state index contributed by atoms with van der Waals surface area (Å²) in [7, 11) is 1.28. The summed E-state index contributed by atoms with van der Waals surface area (Å²) in [5, 5.41) is 8.69. The molecule has 0 amide bonds. The van der Waals surface area contributed by atoms with E-state index in [-0.39, 0.29) is 24.3 Å². The van der Waals surface area contributed by atoms with Gasteiger partial charge < -0.3 is 15.6 Å². The van der Waals surface area contributed by atoms with E-state index < -0.39 is 17.7 Å². The molecule has 1 atom stereocenters. The average Bonchev–Trinajstić information content (AvgIpc) is 2.17. The van der Waals surface area contributed by atoms with Gasteiger partial charge in [0.05, 0.1) is 7.11 Å². The van der Waals surface area contributed by atoms with Crippen LogP contribution in [-0.4, -0.2) is 18.8 Å². The zero-order valence-corrected chi connectivity index (χ0v) is 8.34. The molecule has 0 bridgehead atoms. The van der Waals surface area contributed by atoms with E-state index in [0.717, 1.165) is 12.1 Å². The van der Waals surface area contributed by atoms with Gasteiger partial charge in [-0.2, -0.15) is 0 Å². The van der Waals surface area contributed by atoms with Crippen LogP contribution in [0, 0.1) is 11.6 Å². The lowest BCUT2D eigenvalue weighted by atomic mass is 10.0. The minimum absolute atomic E-state index is 0.0719. The Morgan fingerprint density at radius 1 is 1.47 bits per heavy atom. The highest BCUT2D eigenvalue weighted by atomic mass is 19.1. The largest absolute Gasteiger partial charge is 0.493 e. The van der Waals surface area contributed by atoms with Crippen molar-refractivity contribution in [2.75, 3.05) is 13.7 Å². The summed E-state index contributed by atoms with van der Waals surface area (Å²) >= 11 is 0. The molecule has 1 rings (SSSR count). The van der Waals surface area contributed by atoms with Crippen molar-refractivity contribution in [2.45, 2.75) is 12.5 Å². The first-order valence-electron chi connectivity index (χ1n) is 4.49. The Labute approximate surface area is 86.5 Å². The molecule has 1 aromatic carbocycles. The van der Waals surface area contributed by atoms with Crippen molar-refractivity contribution in [2.24, 2.45) is 5.73 Å². The zero-order chi connectivity index (χ0) is 11.4. The van der Waals surface area contributed by atoms with Crippen LogP contribution < -0.4 is 10.5 Å². The van der Waals surface area contributed by atoms with Crippen molar-refractivity contribution in [3.63, 3.8) is 0 Å². The number of halogens is 2. The minimum Gasteiger partial charge on any atom is -0.493 e. The van der Waals surface area contributed by atoms with Crippen LogP contribution in [0.2, 0.25) is 0 Å². The molecule has 5 heteroatoms. The average molecular weight is 217 g/mol. The second-order valence-corrected chi connectivity index (χ2v) is 3.13. The standard InChI is InChI=1S/C10H13F2NO2/c1-15-10-7(9(13)2-3-14)4-6(11)5-8(10)12/h4-5,9,14H,2-3,13H2,1H3. The molecule has 0 fully saturated rings. The molecule has 1 unspecified atom stereocenters. The third-order valence-corrected chi connectivity index (χ3v) is 2.08. The zero-order valence-electron chi connectivity index (χ0n) is 8.34. The maximum absolute atomic E-state index is 13.2. The number of nitrogens with two attached hydrogens (primary N) is 1. The van der Waals surface area contributed by atoms with E-state index in [9.17, 15) is 8.78 Å². The predicted octanol–water partition coefficient (Wildman–Crippen LogP) is 1.36. The molecule has 1 aromatic rings. The van der Waals surface area contributed by atoms with E-state index in [1.165, 1.54) is 7.11 Å². The number of hydrogen-bond donors (Lipinski definition) is 2. The number of rotatable bonds is 4. The molecule has 0 saturated heterocycles. The van der Waals surface area contributed by atoms with Crippen LogP contribution >= 0.6 is 0 Å². The Morgan fingerprint density at radius 3 is 2.67 bits per heavy atom. The smallest absolute Gasteiger partial charge is 0.168 e. The summed E-state index contributed by atoms with van der Waals surface area (Å²) in [5.74, 6) is -1.57. The molecule has 3 N–H and O–H groups in total. The Kier molecular flexibility index (Phi) is 3.99. The molecule has 0 aliphatic heterocycles. The Morgan fingerprint density at radius 2 is 2.13 bits per heavy atom. The summed E-state index contributed by atoms with van der Waals surface area (Å²) in [6, 6.07) is 1.20. The molecular formula is C10H13F2NO2. The van der Waals surface area contributed by atoms with Gasteiger partial charge in [-0.3, -0.25) is 0 Å². The van der Waals surface area contributed by atoms with E-state index in [4.69, 9.17) is 15.6 Å². The number of benzene rings is 1. The fourth-order valence-corrected chi connectivity index (χ4v) is 1.37. The lowest BCUT2D eigenvalue weighted by molar-refractivity contribution is 0.274. The van der Waals surface area contributed by atoms with E-state index in [1.54, 1.807) is 0 Å². The van der Waals surface area contributed by atoms with Crippen LogP contribution in [0.1, 0.15) is 18.0 Å². The number of aliphatic hydroxyl groups excluding tert-OH is 1. The summed E-state index contributed by atoms with van der Waals surface area (Å²) in [5.41, 5.74) is 5.87. The van der Waals surface area contributed by atoms with E-state index in [1.807, 2.05) is 0 Å². The van der Waals surface area contributed by atoms with Crippen LogP contribution in [0.25, 0.3) is 0 Å². The predicted molar refractivity (Wildman–Crippen MR) is 51.5 cm³/mol. The van der Waals surface area contributed by atoms with Gasteiger partial charge in [-0.05, 0) is 12.5 Å². The number of hydrogen-bond acceptors (Lipinski definition) is 3. The summed E-state index contributed by atoms with van der Waals surface area (Å²) < 4.78 is 31.0. The van der Waals surface area contributed by atoms with Crippen LogP contribution in [-0.2, 0) is 0 Å². The topological polar surface area (TPSA) is 55.5 Å². The maximum Gasteiger partial charge on any atom is 0.168 e. The van der Waals surface area contributed by atoms with Gasteiger partial charge in [0, 0.05) is 24.3 Å². The highest BCUT2D eigenvalue weighted by Crippen LogP contribution is 2.29. The van der Waals surface area contributed by atoms with Gasteiger partial charge in [-0.25, -0.2) is 8.78 Å². The third kappa shape index (κ3) is 2.64. The first kappa shape index (κ1) is 11.9. The molecule has 0 heterocycles. The van der Waals surface area contributed by atoms with Crippen molar-refractivity contribution < 1.29 is 18.6 Å². The number of methoxy groups -OCH3 is 1. The molecule has 0 saturated carbocycles. The Balaban J connectivity index is 3.13. The molecule has 84 valence electrons.